The minimum atomic E-state index is -4.52. The van der Waals surface area contributed by atoms with E-state index in [0.717, 1.165) is 73.2 Å². The molecule has 2 aliphatic heterocycles. The summed E-state index contributed by atoms with van der Waals surface area (Å²) in [4.78, 5) is 22.1. The number of alkyl halides is 3. The minimum absolute atomic E-state index is 0.156. The number of likely N-dealkylation sites (tertiary alicyclic amines) is 2. The van der Waals surface area contributed by atoms with E-state index in [1.807, 2.05) is 72.5 Å². The normalized spacial score (nSPS) is 17.1. The summed E-state index contributed by atoms with van der Waals surface area (Å²) in [7, 11) is 0. The minimum Gasteiger partial charge on any atom is -0.492 e. The van der Waals surface area contributed by atoms with Crippen LogP contribution in [0.4, 0.5) is 24.5 Å². The summed E-state index contributed by atoms with van der Waals surface area (Å²) in [6.45, 7) is 5.62. The number of anilines is 2. The molecule has 43 heavy (non-hydrogen) atoms. The molecule has 0 aliphatic carbocycles. The lowest BCUT2D eigenvalue weighted by atomic mass is 9.77. The third kappa shape index (κ3) is 6.46. The van der Waals surface area contributed by atoms with Crippen LogP contribution in [-0.2, 0) is 17.5 Å². The lowest BCUT2D eigenvalue weighted by molar-refractivity contribution is -0.139. The molecule has 9 heteroatoms. The number of aryl methyl sites for hydroxylation is 1. The van der Waals surface area contributed by atoms with Crippen LogP contribution < -0.4 is 10.1 Å². The number of aromatic nitrogens is 1. The van der Waals surface area contributed by atoms with Gasteiger partial charge in [-0.15, -0.1) is 0 Å². The Morgan fingerprint density at radius 1 is 0.930 bits per heavy atom. The second kappa shape index (κ2) is 11.9. The summed E-state index contributed by atoms with van der Waals surface area (Å²) < 4.78 is 47.3. The first-order valence-corrected chi connectivity index (χ1v) is 14.7. The molecule has 0 radical (unpaired) electrons. The molecule has 2 fully saturated rings. The molecule has 3 heterocycles. The van der Waals surface area contributed by atoms with Crippen molar-refractivity contribution in [2.24, 2.45) is 5.41 Å². The Morgan fingerprint density at radius 3 is 2.42 bits per heavy atom. The van der Waals surface area contributed by atoms with Crippen molar-refractivity contribution in [1.82, 2.24) is 14.8 Å². The van der Waals surface area contributed by atoms with Gasteiger partial charge < -0.3 is 15.0 Å². The second-order valence-electron chi connectivity index (χ2n) is 11.6. The fraction of sp³-hybridized carbons (Fsp3) is 0.353. The molecule has 0 bridgehead atoms. The van der Waals surface area contributed by atoms with Gasteiger partial charge in [0.25, 0.3) is 0 Å². The predicted molar refractivity (Wildman–Crippen MR) is 161 cm³/mol. The van der Waals surface area contributed by atoms with E-state index in [1.165, 1.54) is 0 Å². The van der Waals surface area contributed by atoms with Crippen molar-refractivity contribution in [3.8, 4) is 5.75 Å². The van der Waals surface area contributed by atoms with Crippen molar-refractivity contribution in [2.75, 3.05) is 38.1 Å². The third-order valence-corrected chi connectivity index (χ3v) is 8.66. The van der Waals surface area contributed by atoms with Crippen molar-refractivity contribution in [3.63, 3.8) is 0 Å². The molecule has 1 amide bonds. The highest BCUT2D eigenvalue weighted by Crippen LogP contribution is 2.42. The first-order valence-electron chi connectivity index (χ1n) is 14.7. The van der Waals surface area contributed by atoms with Gasteiger partial charge in [-0.25, -0.2) is 0 Å². The number of nitrogens with zero attached hydrogens (tertiary/aromatic N) is 3. The van der Waals surface area contributed by atoms with E-state index in [9.17, 15) is 18.0 Å². The molecule has 1 aromatic heterocycles. The lowest BCUT2D eigenvalue weighted by Gasteiger charge is -2.37. The number of nitrogens with one attached hydrogen (secondary N) is 1. The predicted octanol–water partition coefficient (Wildman–Crippen LogP) is 7.20. The van der Waals surface area contributed by atoms with E-state index in [4.69, 9.17) is 4.74 Å². The van der Waals surface area contributed by atoms with Crippen LogP contribution in [0.3, 0.4) is 0 Å². The topological polar surface area (TPSA) is 57.7 Å². The highest BCUT2D eigenvalue weighted by Gasteiger charge is 2.47. The maximum atomic E-state index is 13.8. The van der Waals surface area contributed by atoms with Crippen LogP contribution in [0.15, 0.2) is 78.9 Å². The molecule has 0 atom stereocenters. The van der Waals surface area contributed by atoms with Gasteiger partial charge in [0.05, 0.1) is 16.5 Å². The van der Waals surface area contributed by atoms with Crippen molar-refractivity contribution in [1.29, 1.82) is 0 Å². The molecule has 6 rings (SSSR count). The molecule has 6 nitrogen and oxygen atoms in total. The number of benzene rings is 3. The first kappa shape index (κ1) is 29.0. The van der Waals surface area contributed by atoms with Crippen molar-refractivity contribution in [2.45, 2.75) is 38.9 Å². The summed E-state index contributed by atoms with van der Waals surface area (Å²) in [5.41, 5.74) is 2.56. The number of carbonyl (C=O) groups is 1. The molecule has 224 valence electrons. The van der Waals surface area contributed by atoms with Crippen molar-refractivity contribution >= 4 is 28.2 Å². The van der Waals surface area contributed by atoms with Crippen LogP contribution >= 0.6 is 0 Å². The Balaban J connectivity index is 1.08. The highest BCUT2D eigenvalue weighted by atomic mass is 19.4. The molecule has 2 aliphatic rings. The number of hydrogen-bond acceptors (Lipinski definition) is 5. The standard InChI is InChI=1S/C34H35F3N4O2/c1-24-19-31(29-9-5-6-10-30(29)38-24)39-27-20-26(34(35,36)37)21-28(22-27)43-18-17-40-14-11-33(12-15-40)13-16-41(32(33)42)23-25-7-3-2-4-8-25/h2-10,19-22H,11-18,23H2,1H3,(H,38,39). The maximum Gasteiger partial charge on any atom is 0.416 e. The summed E-state index contributed by atoms with van der Waals surface area (Å²) in [6, 6.07) is 23.1. The Morgan fingerprint density at radius 2 is 1.65 bits per heavy atom. The lowest BCUT2D eigenvalue weighted by Crippen LogP contribution is -2.45. The molecule has 0 saturated carbocycles. The second-order valence-corrected chi connectivity index (χ2v) is 11.6. The van der Waals surface area contributed by atoms with Crippen molar-refractivity contribution < 1.29 is 22.7 Å². The SMILES string of the molecule is Cc1cc(Nc2cc(OCCN3CCC4(CC3)CCN(Cc3ccccc3)C4=O)cc(C(F)(F)F)c2)c2ccccc2n1. The number of halogens is 3. The fourth-order valence-corrected chi connectivity index (χ4v) is 6.29. The molecule has 1 spiro atoms. The molecule has 4 aromatic rings. The van der Waals surface area contributed by atoms with Gasteiger partial charge in [-0.3, -0.25) is 14.7 Å². The number of ether oxygens (including phenoxy) is 1. The van der Waals surface area contributed by atoms with Gasteiger partial charge in [0.2, 0.25) is 5.91 Å². The average Bonchev–Trinajstić information content (AvgIpc) is 3.28. The van der Waals surface area contributed by atoms with E-state index >= 15 is 0 Å². The first-order chi connectivity index (χ1) is 20.7. The zero-order chi connectivity index (χ0) is 30.0. The number of piperidine rings is 1. The Bertz CT molecular complexity index is 1600. The van der Waals surface area contributed by atoms with Crippen LogP contribution in [0.1, 0.15) is 36.1 Å². The third-order valence-electron chi connectivity index (χ3n) is 8.66. The van der Waals surface area contributed by atoms with E-state index in [-0.39, 0.29) is 23.7 Å². The number of fused-ring (bicyclic) bond motifs is 1. The van der Waals surface area contributed by atoms with E-state index < -0.39 is 11.7 Å². The average molecular weight is 589 g/mol. The molecule has 2 saturated heterocycles. The molecular formula is C34H35F3N4O2. The summed E-state index contributed by atoms with van der Waals surface area (Å²) in [5.74, 6) is 0.400. The van der Waals surface area contributed by atoms with Crippen LogP contribution in [-0.4, -0.2) is 53.5 Å². The number of amides is 1. The van der Waals surface area contributed by atoms with Gasteiger partial charge in [-0.05, 0) is 69.1 Å². The smallest absolute Gasteiger partial charge is 0.416 e. The monoisotopic (exact) mass is 588 g/mol. The number of hydrogen-bond donors (Lipinski definition) is 1. The van der Waals surface area contributed by atoms with Gasteiger partial charge in [-0.1, -0.05) is 48.5 Å². The number of rotatable bonds is 8. The molecule has 1 N–H and O–H groups in total. The summed E-state index contributed by atoms with van der Waals surface area (Å²) in [6.07, 6.45) is -2.08. The zero-order valence-corrected chi connectivity index (χ0v) is 24.2. The van der Waals surface area contributed by atoms with Gasteiger partial charge in [0, 0.05) is 48.2 Å². The van der Waals surface area contributed by atoms with Crippen LogP contribution in [0, 0.1) is 12.3 Å². The number of pyridine rings is 1. The Kier molecular flexibility index (Phi) is 8.01. The van der Waals surface area contributed by atoms with Gasteiger partial charge in [0.15, 0.2) is 0 Å². The van der Waals surface area contributed by atoms with E-state index in [0.29, 0.717) is 24.5 Å². The fourth-order valence-electron chi connectivity index (χ4n) is 6.29. The van der Waals surface area contributed by atoms with Crippen LogP contribution in [0.25, 0.3) is 10.9 Å². The largest absolute Gasteiger partial charge is 0.492 e. The van der Waals surface area contributed by atoms with Crippen LogP contribution in [0.5, 0.6) is 5.75 Å². The van der Waals surface area contributed by atoms with Crippen molar-refractivity contribution in [3.05, 3.63) is 95.7 Å². The number of carbonyl (C=O) groups excluding carboxylic acids is 1. The highest BCUT2D eigenvalue weighted by molar-refractivity contribution is 5.93. The Hall–Kier alpha value is -4.11. The van der Waals surface area contributed by atoms with E-state index in [1.54, 1.807) is 6.07 Å². The van der Waals surface area contributed by atoms with E-state index in [2.05, 4.69) is 15.2 Å². The van der Waals surface area contributed by atoms with Crippen LogP contribution in [0.2, 0.25) is 0 Å². The summed E-state index contributed by atoms with van der Waals surface area (Å²) in [5, 5.41) is 3.98. The quantitative estimate of drug-likeness (QED) is 0.236. The number of para-hydroxylation sites is 1. The summed E-state index contributed by atoms with van der Waals surface area (Å²) >= 11 is 0. The zero-order valence-electron chi connectivity index (χ0n) is 24.2. The van der Waals surface area contributed by atoms with Gasteiger partial charge in [-0.2, -0.15) is 13.2 Å². The van der Waals surface area contributed by atoms with Gasteiger partial charge >= 0.3 is 6.18 Å². The molecular weight excluding hydrogens is 553 g/mol. The molecule has 0 unspecified atom stereocenters. The molecule has 3 aromatic carbocycles. The maximum absolute atomic E-state index is 13.8. The Labute approximate surface area is 249 Å². The van der Waals surface area contributed by atoms with Gasteiger partial charge in [0.1, 0.15) is 12.4 Å².